The summed E-state index contributed by atoms with van der Waals surface area (Å²) < 4.78 is 11.1. The molecule has 1 aromatic rings. The average Bonchev–Trinajstić information content (AvgIpc) is 2.73. The van der Waals surface area contributed by atoms with E-state index in [4.69, 9.17) is 9.47 Å². The maximum atomic E-state index is 12.6. The van der Waals surface area contributed by atoms with Gasteiger partial charge in [0.15, 0.2) is 0 Å². The molecule has 0 saturated carbocycles. The molecule has 0 atom stereocenters. The van der Waals surface area contributed by atoms with Crippen LogP contribution in [0.1, 0.15) is 19.8 Å². The normalized spacial score (nSPS) is 19.9. The molecular weight excluding hydrogens is 342 g/mol. The summed E-state index contributed by atoms with van der Waals surface area (Å²) in [5.74, 6) is 2.52. The van der Waals surface area contributed by atoms with E-state index in [2.05, 4.69) is 16.7 Å². The summed E-state index contributed by atoms with van der Waals surface area (Å²) >= 11 is 0. The minimum Gasteiger partial charge on any atom is -0.497 e. The summed E-state index contributed by atoms with van der Waals surface area (Å²) in [7, 11) is 1.66. The number of benzene rings is 1. The Labute approximate surface area is 163 Å². The fourth-order valence-electron chi connectivity index (χ4n) is 3.79. The van der Waals surface area contributed by atoms with Gasteiger partial charge in [0.05, 0.1) is 20.3 Å². The first-order valence-corrected chi connectivity index (χ1v) is 10.2. The fourth-order valence-corrected chi connectivity index (χ4v) is 3.79. The predicted molar refractivity (Wildman–Crippen MR) is 106 cm³/mol. The number of piperazine rings is 1. The van der Waals surface area contributed by atoms with Crippen LogP contribution in [0.2, 0.25) is 0 Å². The lowest BCUT2D eigenvalue weighted by Crippen LogP contribution is -2.51. The Hall–Kier alpha value is -1.79. The first-order chi connectivity index (χ1) is 13.2. The Kier molecular flexibility index (Phi) is 7.35. The highest BCUT2D eigenvalue weighted by Crippen LogP contribution is 2.21. The number of likely N-dealkylation sites (tertiary alicyclic amines) is 1. The second-order valence-corrected chi connectivity index (χ2v) is 7.52. The molecule has 0 spiro atoms. The van der Waals surface area contributed by atoms with Crippen LogP contribution in [0.15, 0.2) is 24.3 Å². The van der Waals surface area contributed by atoms with Gasteiger partial charge >= 0.3 is 0 Å². The number of methoxy groups -OCH3 is 1. The molecule has 6 heteroatoms. The van der Waals surface area contributed by atoms with E-state index in [1.807, 2.05) is 29.2 Å². The van der Waals surface area contributed by atoms with Gasteiger partial charge < -0.3 is 19.3 Å². The van der Waals surface area contributed by atoms with Gasteiger partial charge in [-0.15, -0.1) is 0 Å². The van der Waals surface area contributed by atoms with Gasteiger partial charge in [-0.2, -0.15) is 0 Å². The molecule has 2 aliphatic rings. The van der Waals surface area contributed by atoms with Crippen LogP contribution in [0.5, 0.6) is 11.5 Å². The van der Waals surface area contributed by atoms with Crippen LogP contribution in [-0.2, 0) is 4.79 Å². The molecule has 0 N–H and O–H groups in total. The molecule has 1 amide bonds. The Bertz CT molecular complexity index is 577. The van der Waals surface area contributed by atoms with Gasteiger partial charge in [0.1, 0.15) is 11.5 Å². The molecule has 2 heterocycles. The van der Waals surface area contributed by atoms with Crippen molar-refractivity contribution in [2.45, 2.75) is 19.8 Å². The van der Waals surface area contributed by atoms with Crippen molar-refractivity contribution in [1.82, 2.24) is 14.7 Å². The molecule has 1 aromatic carbocycles. The number of carbonyl (C=O) groups is 1. The number of nitrogens with zero attached hydrogens (tertiary/aromatic N) is 3. The minimum atomic E-state index is 0.287. The lowest BCUT2D eigenvalue weighted by molar-refractivity contribution is -0.134. The summed E-state index contributed by atoms with van der Waals surface area (Å²) in [6, 6.07) is 7.71. The molecule has 3 rings (SSSR count). The zero-order valence-electron chi connectivity index (χ0n) is 16.7. The smallest absolute Gasteiger partial charge is 0.236 e. The molecule has 0 aromatic heterocycles. The molecule has 27 heavy (non-hydrogen) atoms. The topological polar surface area (TPSA) is 45.2 Å². The number of hydrogen-bond donors (Lipinski definition) is 0. The number of likely N-dealkylation sites (N-methyl/N-ethyl adjacent to an activating group) is 1. The first-order valence-electron chi connectivity index (χ1n) is 10.2. The zero-order valence-corrected chi connectivity index (χ0v) is 16.7. The number of ether oxygens (including phenoxy) is 2. The summed E-state index contributed by atoms with van der Waals surface area (Å²) in [6.07, 6.45) is 2.04. The maximum Gasteiger partial charge on any atom is 0.236 e. The van der Waals surface area contributed by atoms with E-state index in [1.54, 1.807) is 7.11 Å². The molecule has 0 aliphatic carbocycles. The molecule has 6 nitrogen and oxygen atoms in total. The van der Waals surface area contributed by atoms with Gasteiger partial charge in [-0.3, -0.25) is 9.69 Å². The Morgan fingerprint density at radius 3 is 2.15 bits per heavy atom. The number of piperidine rings is 1. The zero-order chi connectivity index (χ0) is 19.1. The van der Waals surface area contributed by atoms with E-state index in [-0.39, 0.29) is 5.91 Å². The van der Waals surface area contributed by atoms with E-state index < -0.39 is 0 Å². The van der Waals surface area contributed by atoms with Crippen molar-refractivity contribution in [2.24, 2.45) is 5.92 Å². The fraction of sp³-hybridized carbons (Fsp3) is 0.667. The van der Waals surface area contributed by atoms with Crippen LogP contribution < -0.4 is 9.47 Å². The monoisotopic (exact) mass is 375 g/mol. The van der Waals surface area contributed by atoms with Gasteiger partial charge in [0.2, 0.25) is 5.91 Å². The second-order valence-electron chi connectivity index (χ2n) is 7.52. The van der Waals surface area contributed by atoms with Crippen molar-refractivity contribution in [2.75, 3.05) is 66.1 Å². The third-order valence-electron chi connectivity index (χ3n) is 5.78. The third-order valence-corrected chi connectivity index (χ3v) is 5.78. The van der Waals surface area contributed by atoms with E-state index in [0.29, 0.717) is 19.1 Å². The van der Waals surface area contributed by atoms with Crippen molar-refractivity contribution < 1.29 is 14.3 Å². The molecule has 0 bridgehead atoms. The maximum absolute atomic E-state index is 12.6. The molecule has 2 saturated heterocycles. The van der Waals surface area contributed by atoms with Gasteiger partial charge in [-0.05, 0) is 49.6 Å². The van der Waals surface area contributed by atoms with Crippen LogP contribution in [0.4, 0.5) is 0 Å². The van der Waals surface area contributed by atoms with Crippen molar-refractivity contribution in [3.8, 4) is 11.5 Å². The Morgan fingerprint density at radius 1 is 0.963 bits per heavy atom. The van der Waals surface area contributed by atoms with Crippen LogP contribution in [-0.4, -0.2) is 86.7 Å². The quantitative estimate of drug-likeness (QED) is 0.729. The van der Waals surface area contributed by atoms with Crippen LogP contribution in [0, 0.1) is 5.92 Å². The molecule has 2 aliphatic heterocycles. The van der Waals surface area contributed by atoms with Gasteiger partial charge in [-0.1, -0.05) is 6.92 Å². The highest BCUT2D eigenvalue weighted by molar-refractivity contribution is 5.78. The summed E-state index contributed by atoms with van der Waals surface area (Å²) in [5.41, 5.74) is 0. The molecule has 150 valence electrons. The first kappa shape index (κ1) is 20.0. The average molecular weight is 376 g/mol. The standard InChI is InChI=1S/C21H33N3O3/c1-3-22-12-14-23(15-13-22)16-21(25)24-10-8-18(9-11-24)17-27-20-6-4-19(26-2)5-7-20/h4-7,18H,3,8-17H2,1-2H3. The largest absolute Gasteiger partial charge is 0.497 e. The van der Waals surface area contributed by atoms with Crippen LogP contribution >= 0.6 is 0 Å². The molecule has 0 unspecified atom stereocenters. The minimum absolute atomic E-state index is 0.287. The number of amides is 1. The number of rotatable bonds is 7. The lowest BCUT2D eigenvalue weighted by Gasteiger charge is -2.36. The van der Waals surface area contributed by atoms with Crippen molar-refractivity contribution >= 4 is 5.91 Å². The lowest BCUT2D eigenvalue weighted by atomic mass is 9.97. The van der Waals surface area contributed by atoms with Crippen LogP contribution in [0.3, 0.4) is 0 Å². The number of hydrogen-bond acceptors (Lipinski definition) is 5. The van der Waals surface area contributed by atoms with E-state index in [1.165, 1.54) is 0 Å². The van der Waals surface area contributed by atoms with E-state index in [0.717, 1.165) is 70.2 Å². The third kappa shape index (κ3) is 5.84. The second kappa shape index (κ2) is 9.95. The summed E-state index contributed by atoms with van der Waals surface area (Å²) in [6.45, 7) is 10.5. The molecule has 2 fully saturated rings. The van der Waals surface area contributed by atoms with Gasteiger partial charge in [-0.25, -0.2) is 0 Å². The van der Waals surface area contributed by atoms with Gasteiger partial charge in [0.25, 0.3) is 0 Å². The summed E-state index contributed by atoms with van der Waals surface area (Å²) in [4.78, 5) is 19.4. The van der Waals surface area contributed by atoms with E-state index >= 15 is 0 Å². The highest BCUT2D eigenvalue weighted by atomic mass is 16.5. The van der Waals surface area contributed by atoms with Crippen molar-refractivity contribution in [1.29, 1.82) is 0 Å². The van der Waals surface area contributed by atoms with E-state index in [9.17, 15) is 4.79 Å². The highest BCUT2D eigenvalue weighted by Gasteiger charge is 2.25. The number of carbonyl (C=O) groups excluding carboxylic acids is 1. The van der Waals surface area contributed by atoms with Crippen molar-refractivity contribution in [3.63, 3.8) is 0 Å². The summed E-state index contributed by atoms with van der Waals surface area (Å²) in [5, 5.41) is 0. The Morgan fingerprint density at radius 2 is 1.56 bits per heavy atom. The van der Waals surface area contributed by atoms with Crippen LogP contribution in [0.25, 0.3) is 0 Å². The predicted octanol–water partition coefficient (Wildman–Crippen LogP) is 1.95. The Balaban J connectivity index is 1.35. The molecular formula is C21H33N3O3. The SMILES string of the molecule is CCN1CCN(CC(=O)N2CCC(COc3ccc(OC)cc3)CC2)CC1. The van der Waals surface area contributed by atoms with Crippen molar-refractivity contribution in [3.05, 3.63) is 24.3 Å². The van der Waals surface area contributed by atoms with Gasteiger partial charge in [0, 0.05) is 39.3 Å². The molecule has 0 radical (unpaired) electrons.